The number of amides is 4. The number of hydrogen-bond acceptors (Lipinski definition) is 4. The summed E-state index contributed by atoms with van der Waals surface area (Å²) in [6.07, 6.45) is -0.499. The van der Waals surface area contributed by atoms with Crippen molar-refractivity contribution in [1.82, 2.24) is 21.7 Å². The van der Waals surface area contributed by atoms with Crippen LogP contribution in [0.1, 0.15) is 20.3 Å². The van der Waals surface area contributed by atoms with Crippen LogP contribution in [0, 0.1) is 0 Å². The molecule has 0 aromatic rings. The molecule has 4 N–H and O–H groups in total. The average molecular weight is 216 g/mol. The quantitative estimate of drug-likeness (QED) is 0.307. The summed E-state index contributed by atoms with van der Waals surface area (Å²) < 4.78 is 0. The van der Waals surface area contributed by atoms with Crippen LogP contribution in [0.2, 0.25) is 0 Å². The third-order valence-corrected chi connectivity index (χ3v) is 1.08. The van der Waals surface area contributed by atoms with E-state index in [4.69, 9.17) is 0 Å². The smallest absolute Gasteiger partial charge is 0.247 e. The largest absolute Gasteiger partial charge is 0.274 e. The minimum absolute atomic E-state index is 0.453. The molecule has 8 nitrogen and oxygen atoms in total. The second-order valence-electron chi connectivity index (χ2n) is 2.64. The lowest BCUT2D eigenvalue weighted by molar-refractivity contribution is -0.134. The van der Waals surface area contributed by atoms with E-state index < -0.39 is 30.0 Å². The molecule has 8 heteroatoms. The van der Waals surface area contributed by atoms with Crippen molar-refractivity contribution in [2.24, 2.45) is 0 Å². The lowest BCUT2D eigenvalue weighted by Gasteiger charge is -2.06. The van der Waals surface area contributed by atoms with Crippen molar-refractivity contribution in [2.75, 3.05) is 0 Å². The van der Waals surface area contributed by atoms with Crippen molar-refractivity contribution in [1.29, 1.82) is 0 Å². The highest BCUT2D eigenvalue weighted by Gasteiger charge is 2.08. The predicted octanol–water partition coefficient (Wildman–Crippen LogP) is -2.29. The molecule has 0 saturated heterocycles. The van der Waals surface area contributed by atoms with Gasteiger partial charge in [0.2, 0.25) is 23.6 Å². The van der Waals surface area contributed by atoms with Gasteiger partial charge in [-0.15, -0.1) is 0 Å². The molecular formula is C7H12N4O4. The number of carbonyl (C=O) groups excluding carboxylic acids is 4. The van der Waals surface area contributed by atoms with Gasteiger partial charge in [-0.1, -0.05) is 0 Å². The maximum absolute atomic E-state index is 10.9. The number of nitrogens with one attached hydrogen (secondary N) is 4. The van der Waals surface area contributed by atoms with E-state index in [1.54, 1.807) is 0 Å². The standard InChI is InChI=1S/C7H12N4O4/c1-4(12)8-10-6(14)3-7(15)11-9-5(2)13/h3H2,1-2H3,(H,8,12)(H,9,13)(H,10,14)(H,11,15). The summed E-state index contributed by atoms with van der Waals surface area (Å²) in [6, 6.07) is 0. The molecule has 0 aromatic heterocycles. The molecule has 0 aliphatic rings. The van der Waals surface area contributed by atoms with Crippen LogP contribution in [-0.2, 0) is 19.2 Å². The first-order chi connectivity index (χ1) is 6.91. The zero-order valence-corrected chi connectivity index (χ0v) is 8.34. The van der Waals surface area contributed by atoms with Crippen molar-refractivity contribution < 1.29 is 19.2 Å². The Morgan fingerprint density at radius 3 is 1.33 bits per heavy atom. The first-order valence-corrected chi connectivity index (χ1v) is 4.02. The molecule has 0 saturated carbocycles. The van der Waals surface area contributed by atoms with Crippen LogP contribution in [0.3, 0.4) is 0 Å². The lowest BCUT2D eigenvalue weighted by Crippen LogP contribution is -2.45. The summed E-state index contributed by atoms with van der Waals surface area (Å²) >= 11 is 0. The topological polar surface area (TPSA) is 116 Å². The van der Waals surface area contributed by atoms with E-state index in [9.17, 15) is 19.2 Å². The Balaban J connectivity index is 3.71. The second kappa shape index (κ2) is 6.35. The highest BCUT2D eigenvalue weighted by atomic mass is 16.2. The molecule has 0 heterocycles. The molecule has 0 aliphatic carbocycles. The third-order valence-electron chi connectivity index (χ3n) is 1.08. The summed E-state index contributed by atoms with van der Waals surface area (Å²) in [5.74, 6) is -2.28. The number of rotatable bonds is 2. The van der Waals surface area contributed by atoms with Gasteiger partial charge < -0.3 is 0 Å². The SMILES string of the molecule is CC(=O)NNC(=O)CC(=O)NNC(C)=O. The van der Waals surface area contributed by atoms with Crippen LogP contribution in [0.25, 0.3) is 0 Å². The van der Waals surface area contributed by atoms with Gasteiger partial charge in [0.25, 0.3) is 0 Å². The second-order valence-corrected chi connectivity index (χ2v) is 2.64. The van der Waals surface area contributed by atoms with E-state index in [-0.39, 0.29) is 0 Å². The van der Waals surface area contributed by atoms with Gasteiger partial charge >= 0.3 is 0 Å². The summed E-state index contributed by atoms with van der Waals surface area (Å²) in [4.78, 5) is 42.5. The first-order valence-electron chi connectivity index (χ1n) is 4.02. The van der Waals surface area contributed by atoms with E-state index in [2.05, 4.69) is 0 Å². The molecule has 0 radical (unpaired) electrons. The molecular weight excluding hydrogens is 204 g/mol. The van der Waals surface area contributed by atoms with E-state index in [0.29, 0.717) is 0 Å². The Labute approximate surface area is 85.7 Å². The average Bonchev–Trinajstić information content (AvgIpc) is 2.11. The molecule has 15 heavy (non-hydrogen) atoms. The lowest BCUT2D eigenvalue weighted by atomic mass is 10.4. The summed E-state index contributed by atoms with van der Waals surface area (Å²) in [7, 11) is 0. The Hall–Kier alpha value is -2.12. The molecule has 0 spiro atoms. The Kier molecular flexibility index (Phi) is 5.45. The Morgan fingerprint density at radius 2 is 1.07 bits per heavy atom. The highest BCUT2D eigenvalue weighted by molar-refractivity contribution is 5.97. The van der Waals surface area contributed by atoms with Gasteiger partial charge in [0.05, 0.1) is 0 Å². The van der Waals surface area contributed by atoms with Crippen molar-refractivity contribution >= 4 is 23.6 Å². The highest BCUT2D eigenvalue weighted by Crippen LogP contribution is 1.77. The molecule has 0 bridgehead atoms. The van der Waals surface area contributed by atoms with Gasteiger partial charge in [-0.25, -0.2) is 0 Å². The van der Waals surface area contributed by atoms with Crippen LogP contribution in [-0.4, -0.2) is 23.6 Å². The molecule has 84 valence electrons. The number of hydrogen-bond donors (Lipinski definition) is 4. The molecule has 0 aromatic carbocycles. The van der Waals surface area contributed by atoms with Crippen molar-refractivity contribution in [2.45, 2.75) is 20.3 Å². The van der Waals surface area contributed by atoms with E-state index in [1.807, 2.05) is 21.7 Å². The fraction of sp³-hybridized carbons (Fsp3) is 0.429. The third kappa shape index (κ3) is 8.22. The molecule has 4 amide bonds. The van der Waals surface area contributed by atoms with Crippen LogP contribution < -0.4 is 21.7 Å². The number of carbonyl (C=O) groups is 4. The van der Waals surface area contributed by atoms with Crippen molar-refractivity contribution in [3.8, 4) is 0 Å². The first kappa shape index (κ1) is 12.9. The van der Waals surface area contributed by atoms with Crippen LogP contribution in [0.5, 0.6) is 0 Å². The maximum Gasteiger partial charge on any atom is 0.247 e. The van der Waals surface area contributed by atoms with Crippen LogP contribution in [0.4, 0.5) is 0 Å². The minimum Gasteiger partial charge on any atom is -0.274 e. The zero-order valence-electron chi connectivity index (χ0n) is 8.34. The summed E-state index contributed by atoms with van der Waals surface area (Å²) in [5.41, 5.74) is 8.00. The Morgan fingerprint density at radius 1 is 0.733 bits per heavy atom. The molecule has 0 aliphatic heterocycles. The summed E-state index contributed by atoms with van der Waals surface area (Å²) in [6.45, 7) is 2.41. The minimum atomic E-state index is -0.687. The summed E-state index contributed by atoms with van der Waals surface area (Å²) in [5, 5.41) is 0. The number of hydrazine groups is 2. The van der Waals surface area contributed by atoms with Gasteiger partial charge in [-0.05, 0) is 0 Å². The van der Waals surface area contributed by atoms with Gasteiger partial charge in [-0.2, -0.15) is 0 Å². The normalized spacial score (nSPS) is 8.67. The van der Waals surface area contributed by atoms with Crippen LogP contribution in [0.15, 0.2) is 0 Å². The van der Waals surface area contributed by atoms with E-state index >= 15 is 0 Å². The molecule has 0 unspecified atom stereocenters. The van der Waals surface area contributed by atoms with Gasteiger partial charge in [0.15, 0.2) is 0 Å². The van der Waals surface area contributed by atoms with Gasteiger partial charge in [0.1, 0.15) is 6.42 Å². The fourth-order valence-corrected chi connectivity index (χ4v) is 0.550. The van der Waals surface area contributed by atoms with Crippen LogP contribution >= 0.6 is 0 Å². The predicted molar refractivity (Wildman–Crippen MR) is 48.5 cm³/mol. The molecule has 0 atom stereocenters. The monoisotopic (exact) mass is 216 g/mol. The van der Waals surface area contributed by atoms with Gasteiger partial charge in [-0.3, -0.25) is 40.9 Å². The van der Waals surface area contributed by atoms with E-state index in [0.717, 1.165) is 0 Å². The van der Waals surface area contributed by atoms with Crippen molar-refractivity contribution in [3.05, 3.63) is 0 Å². The van der Waals surface area contributed by atoms with Gasteiger partial charge in [0, 0.05) is 13.8 Å². The maximum atomic E-state index is 10.9. The van der Waals surface area contributed by atoms with E-state index in [1.165, 1.54) is 13.8 Å². The zero-order chi connectivity index (χ0) is 11.8. The Bertz CT molecular complexity index is 261. The molecule has 0 rings (SSSR count). The van der Waals surface area contributed by atoms with Crippen molar-refractivity contribution in [3.63, 3.8) is 0 Å². The molecule has 0 fully saturated rings. The fourth-order valence-electron chi connectivity index (χ4n) is 0.550.